The van der Waals surface area contributed by atoms with Gasteiger partial charge in [-0.25, -0.2) is 4.79 Å². The Kier molecular flexibility index (Phi) is 6.43. The molecule has 0 fully saturated rings. The van der Waals surface area contributed by atoms with Crippen LogP contribution in [0.1, 0.15) is 23.6 Å². The molecular weight excluding hydrogens is 386 g/mol. The number of halogens is 1. The molecule has 0 aliphatic carbocycles. The van der Waals surface area contributed by atoms with Crippen molar-refractivity contribution >= 4 is 21.9 Å². The molecule has 0 saturated carbocycles. The van der Waals surface area contributed by atoms with Crippen LogP contribution in [0.15, 0.2) is 34.8 Å². The standard InChI is InChI=1S/C19H18BrNO4/c1-4-23-17-9-14(10-21)8-15(20)19(17)25-18(22)11-24-16-7-12(2)5-6-13(16)3/h5-9H,4,11H2,1-3H3. The van der Waals surface area contributed by atoms with Crippen molar-refractivity contribution in [3.05, 3.63) is 51.5 Å². The molecule has 2 aromatic carbocycles. The van der Waals surface area contributed by atoms with Gasteiger partial charge in [-0.15, -0.1) is 0 Å². The maximum Gasteiger partial charge on any atom is 0.349 e. The number of carbonyl (C=O) groups is 1. The van der Waals surface area contributed by atoms with E-state index in [4.69, 9.17) is 19.5 Å². The molecular formula is C19H18BrNO4. The number of aryl methyl sites for hydroxylation is 2. The zero-order valence-corrected chi connectivity index (χ0v) is 15.8. The fourth-order valence-electron chi connectivity index (χ4n) is 2.14. The van der Waals surface area contributed by atoms with Crippen molar-refractivity contribution in [2.45, 2.75) is 20.8 Å². The van der Waals surface area contributed by atoms with Gasteiger partial charge in [0.1, 0.15) is 5.75 Å². The summed E-state index contributed by atoms with van der Waals surface area (Å²) in [6, 6.07) is 10.9. The first-order valence-electron chi connectivity index (χ1n) is 7.71. The van der Waals surface area contributed by atoms with Crippen LogP contribution in [0.2, 0.25) is 0 Å². The minimum Gasteiger partial charge on any atom is -0.490 e. The molecule has 0 saturated heterocycles. The van der Waals surface area contributed by atoms with Crippen molar-refractivity contribution < 1.29 is 19.0 Å². The van der Waals surface area contributed by atoms with E-state index in [9.17, 15) is 4.79 Å². The van der Waals surface area contributed by atoms with Crippen LogP contribution < -0.4 is 14.2 Å². The van der Waals surface area contributed by atoms with Crippen LogP contribution in [-0.4, -0.2) is 19.2 Å². The Morgan fingerprint density at radius 2 is 1.92 bits per heavy atom. The maximum atomic E-state index is 12.2. The molecule has 130 valence electrons. The van der Waals surface area contributed by atoms with Crippen LogP contribution in [0.3, 0.4) is 0 Å². The summed E-state index contributed by atoms with van der Waals surface area (Å²) in [7, 11) is 0. The third-order valence-corrected chi connectivity index (χ3v) is 3.93. The quantitative estimate of drug-likeness (QED) is 0.530. The average Bonchev–Trinajstić information content (AvgIpc) is 2.58. The fourth-order valence-corrected chi connectivity index (χ4v) is 2.66. The van der Waals surface area contributed by atoms with E-state index in [0.717, 1.165) is 11.1 Å². The van der Waals surface area contributed by atoms with Gasteiger partial charge in [0.2, 0.25) is 0 Å². The summed E-state index contributed by atoms with van der Waals surface area (Å²) >= 11 is 3.31. The first-order chi connectivity index (χ1) is 11.9. The molecule has 2 aromatic rings. The number of nitriles is 1. The molecule has 6 heteroatoms. The highest BCUT2D eigenvalue weighted by molar-refractivity contribution is 9.10. The molecule has 0 atom stereocenters. The Balaban J connectivity index is 2.12. The van der Waals surface area contributed by atoms with E-state index >= 15 is 0 Å². The number of nitrogens with zero attached hydrogens (tertiary/aromatic N) is 1. The van der Waals surface area contributed by atoms with Gasteiger partial charge in [-0.3, -0.25) is 0 Å². The topological polar surface area (TPSA) is 68.5 Å². The van der Waals surface area contributed by atoms with Gasteiger partial charge in [0.15, 0.2) is 18.1 Å². The average molecular weight is 404 g/mol. The van der Waals surface area contributed by atoms with E-state index in [2.05, 4.69) is 15.9 Å². The molecule has 2 rings (SSSR count). The minimum atomic E-state index is -0.563. The lowest BCUT2D eigenvalue weighted by Gasteiger charge is -2.14. The van der Waals surface area contributed by atoms with E-state index in [1.807, 2.05) is 45.0 Å². The van der Waals surface area contributed by atoms with Crippen LogP contribution in [-0.2, 0) is 4.79 Å². The molecule has 0 heterocycles. The van der Waals surface area contributed by atoms with Crippen molar-refractivity contribution in [1.29, 1.82) is 5.26 Å². The van der Waals surface area contributed by atoms with E-state index < -0.39 is 5.97 Å². The van der Waals surface area contributed by atoms with Crippen molar-refractivity contribution in [3.63, 3.8) is 0 Å². The number of hydrogen-bond donors (Lipinski definition) is 0. The third-order valence-electron chi connectivity index (χ3n) is 3.34. The summed E-state index contributed by atoms with van der Waals surface area (Å²) in [5.74, 6) is 0.636. The van der Waals surface area contributed by atoms with Gasteiger partial charge in [-0.05, 0) is 60.0 Å². The van der Waals surface area contributed by atoms with Crippen LogP contribution >= 0.6 is 15.9 Å². The Labute approximate surface area is 155 Å². The Morgan fingerprint density at radius 3 is 2.60 bits per heavy atom. The second-order valence-corrected chi connectivity index (χ2v) is 6.22. The molecule has 0 unspecified atom stereocenters. The second kappa shape index (κ2) is 8.54. The van der Waals surface area contributed by atoms with Gasteiger partial charge in [0, 0.05) is 6.07 Å². The van der Waals surface area contributed by atoms with Gasteiger partial charge in [0.05, 0.1) is 22.7 Å². The Bertz CT molecular complexity index is 827. The van der Waals surface area contributed by atoms with Crippen LogP contribution in [0.4, 0.5) is 0 Å². The largest absolute Gasteiger partial charge is 0.490 e. The van der Waals surface area contributed by atoms with Gasteiger partial charge in [-0.1, -0.05) is 12.1 Å². The smallest absolute Gasteiger partial charge is 0.349 e. The molecule has 25 heavy (non-hydrogen) atoms. The molecule has 0 amide bonds. The highest BCUT2D eigenvalue weighted by Gasteiger charge is 2.17. The summed E-state index contributed by atoms with van der Waals surface area (Å²) in [6.07, 6.45) is 0. The van der Waals surface area contributed by atoms with Gasteiger partial charge >= 0.3 is 5.97 Å². The Hall–Kier alpha value is -2.52. The fraction of sp³-hybridized carbons (Fsp3) is 0.263. The van der Waals surface area contributed by atoms with Crippen LogP contribution in [0, 0.1) is 25.2 Å². The second-order valence-electron chi connectivity index (χ2n) is 5.36. The molecule has 0 aliphatic rings. The predicted molar refractivity (Wildman–Crippen MR) is 97.1 cm³/mol. The third kappa shape index (κ3) is 4.97. The first-order valence-corrected chi connectivity index (χ1v) is 8.51. The van der Waals surface area contributed by atoms with Crippen molar-refractivity contribution in [1.82, 2.24) is 0 Å². The lowest BCUT2D eigenvalue weighted by atomic mass is 10.1. The van der Waals surface area contributed by atoms with E-state index in [-0.39, 0.29) is 12.4 Å². The molecule has 0 radical (unpaired) electrons. The minimum absolute atomic E-state index is 0.232. The number of ether oxygens (including phenoxy) is 3. The zero-order valence-electron chi connectivity index (χ0n) is 14.3. The molecule has 0 aromatic heterocycles. The number of esters is 1. The molecule has 0 spiro atoms. The summed E-state index contributed by atoms with van der Waals surface area (Å²) in [6.45, 7) is 5.81. The normalized spacial score (nSPS) is 10.0. The maximum absolute atomic E-state index is 12.2. The summed E-state index contributed by atoms with van der Waals surface area (Å²) in [5, 5.41) is 9.03. The van der Waals surface area contributed by atoms with Gasteiger partial charge < -0.3 is 14.2 Å². The number of rotatable bonds is 6. The van der Waals surface area contributed by atoms with Crippen LogP contribution in [0.25, 0.3) is 0 Å². The number of benzene rings is 2. The molecule has 0 bridgehead atoms. The lowest BCUT2D eigenvalue weighted by molar-refractivity contribution is -0.136. The number of hydrogen-bond acceptors (Lipinski definition) is 5. The molecule has 0 aliphatic heterocycles. The van der Waals surface area contributed by atoms with Crippen molar-refractivity contribution in [3.8, 4) is 23.3 Å². The van der Waals surface area contributed by atoms with Gasteiger partial charge in [-0.2, -0.15) is 5.26 Å². The van der Waals surface area contributed by atoms with Crippen molar-refractivity contribution in [2.24, 2.45) is 0 Å². The molecule has 0 N–H and O–H groups in total. The highest BCUT2D eigenvalue weighted by atomic mass is 79.9. The SMILES string of the molecule is CCOc1cc(C#N)cc(Br)c1OC(=O)COc1cc(C)ccc1C. The number of carbonyl (C=O) groups excluding carboxylic acids is 1. The van der Waals surface area contributed by atoms with E-state index in [1.54, 1.807) is 6.07 Å². The Morgan fingerprint density at radius 1 is 1.16 bits per heavy atom. The highest BCUT2D eigenvalue weighted by Crippen LogP contribution is 2.37. The van der Waals surface area contributed by atoms with E-state index in [1.165, 1.54) is 6.07 Å². The van der Waals surface area contributed by atoms with Gasteiger partial charge in [0.25, 0.3) is 0 Å². The zero-order chi connectivity index (χ0) is 18.4. The summed E-state index contributed by atoms with van der Waals surface area (Å²) in [4.78, 5) is 12.2. The summed E-state index contributed by atoms with van der Waals surface area (Å²) in [5.41, 5.74) is 2.39. The van der Waals surface area contributed by atoms with Crippen molar-refractivity contribution in [2.75, 3.05) is 13.2 Å². The lowest BCUT2D eigenvalue weighted by Crippen LogP contribution is -2.18. The summed E-state index contributed by atoms with van der Waals surface area (Å²) < 4.78 is 16.9. The van der Waals surface area contributed by atoms with Crippen LogP contribution in [0.5, 0.6) is 17.2 Å². The first kappa shape index (κ1) is 18.8. The molecule has 5 nitrogen and oxygen atoms in total. The monoisotopic (exact) mass is 403 g/mol. The predicted octanol–water partition coefficient (Wildman–Crippen LogP) is 4.32. The van der Waals surface area contributed by atoms with E-state index in [0.29, 0.717) is 28.1 Å².